The van der Waals surface area contributed by atoms with E-state index in [0.29, 0.717) is 24.7 Å². The Morgan fingerprint density at radius 2 is 1.78 bits per heavy atom. The third-order valence-corrected chi connectivity index (χ3v) is 5.43. The Morgan fingerprint density at radius 3 is 2.44 bits per heavy atom. The van der Waals surface area contributed by atoms with E-state index in [2.05, 4.69) is 9.88 Å². The van der Waals surface area contributed by atoms with Crippen LogP contribution in [0.25, 0.3) is 0 Å². The molecule has 2 fully saturated rings. The Bertz CT molecular complexity index is 820. The first-order chi connectivity index (χ1) is 13.1. The molecule has 27 heavy (non-hydrogen) atoms. The number of carbonyl (C=O) groups excluding carboxylic acids is 2. The lowest BCUT2D eigenvalue weighted by atomic mass is 10.1. The summed E-state index contributed by atoms with van der Waals surface area (Å²) in [4.78, 5) is 35.4. The highest BCUT2D eigenvalue weighted by Crippen LogP contribution is 2.28. The zero-order valence-corrected chi connectivity index (χ0v) is 15.7. The maximum Gasteiger partial charge on any atom is 0.228 e. The van der Waals surface area contributed by atoms with Gasteiger partial charge in [-0.1, -0.05) is 17.7 Å². The van der Waals surface area contributed by atoms with Gasteiger partial charge >= 0.3 is 0 Å². The normalized spacial score (nSPS) is 20.3. The fourth-order valence-electron chi connectivity index (χ4n) is 3.70. The van der Waals surface area contributed by atoms with E-state index >= 15 is 0 Å². The van der Waals surface area contributed by atoms with E-state index in [4.69, 9.17) is 11.6 Å². The van der Waals surface area contributed by atoms with Crippen molar-refractivity contribution in [2.24, 2.45) is 5.92 Å². The summed E-state index contributed by atoms with van der Waals surface area (Å²) in [7, 11) is 0. The van der Waals surface area contributed by atoms with Crippen LogP contribution in [0, 0.1) is 5.92 Å². The molecule has 140 valence electrons. The van der Waals surface area contributed by atoms with E-state index in [1.165, 1.54) is 0 Å². The first-order valence-electron chi connectivity index (χ1n) is 9.12. The van der Waals surface area contributed by atoms with Crippen molar-refractivity contribution in [1.82, 2.24) is 9.88 Å². The molecule has 6 nitrogen and oxygen atoms in total. The van der Waals surface area contributed by atoms with Gasteiger partial charge in [0.1, 0.15) is 5.82 Å². The Morgan fingerprint density at radius 1 is 1.04 bits per heavy atom. The summed E-state index contributed by atoms with van der Waals surface area (Å²) >= 11 is 5.92. The molecule has 0 aliphatic carbocycles. The van der Waals surface area contributed by atoms with Crippen molar-refractivity contribution >= 4 is 34.9 Å². The summed E-state index contributed by atoms with van der Waals surface area (Å²) in [5.41, 5.74) is 0.791. The zero-order valence-electron chi connectivity index (χ0n) is 14.9. The van der Waals surface area contributed by atoms with Crippen LogP contribution in [0.15, 0.2) is 48.7 Å². The lowest BCUT2D eigenvalue weighted by molar-refractivity contribution is -0.136. The van der Waals surface area contributed by atoms with E-state index < -0.39 is 0 Å². The van der Waals surface area contributed by atoms with E-state index in [1.54, 1.807) is 23.2 Å². The molecule has 0 N–H and O–H groups in total. The fraction of sp³-hybridized carbons (Fsp3) is 0.350. The van der Waals surface area contributed by atoms with Crippen molar-refractivity contribution in [2.75, 3.05) is 42.5 Å². The summed E-state index contributed by atoms with van der Waals surface area (Å²) in [6, 6.07) is 13.0. The number of piperazine rings is 1. The van der Waals surface area contributed by atoms with Gasteiger partial charge in [-0.05, 0) is 36.4 Å². The van der Waals surface area contributed by atoms with Gasteiger partial charge in [0.15, 0.2) is 0 Å². The molecule has 2 aliphatic rings. The lowest BCUT2D eigenvalue weighted by Crippen LogP contribution is -2.51. The largest absolute Gasteiger partial charge is 0.353 e. The molecule has 4 rings (SSSR count). The van der Waals surface area contributed by atoms with Gasteiger partial charge in [0, 0.05) is 56.1 Å². The number of hydrogen-bond acceptors (Lipinski definition) is 4. The molecule has 1 unspecified atom stereocenters. The third-order valence-electron chi connectivity index (χ3n) is 5.18. The summed E-state index contributed by atoms with van der Waals surface area (Å²) in [5.74, 6) is 0.715. The molecule has 2 aliphatic heterocycles. The van der Waals surface area contributed by atoms with Crippen LogP contribution in [0.5, 0.6) is 0 Å². The van der Waals surface area contributed by atoms with Gasteiger partial charge in [0.2, 0.25) is 11.8 Å². The van der Waals surface area contributed by atoms with Crippen LogP contribution in [0.3, 0.4) is 0 Å². The molecular formula is C20H21ClN4O2. The van der Waals surface area contributed by atoms with Crippen LogP contribution in [0.1, 0.15) is 6.42 Å². The standard InChI is InChI=1S/C20H21ClN4O2/c21-16-4-6-17(7-5-16)25-14-15(13-19(25)26)20(27)24-11-9-23(10-12-24)18-3-1-2-8-22-18/h1-8,15H,9-14H2. The van der Waals surface area contributed by atoms with Gasteiger partial charge < -0.3 is 14.7 Å². The molecule has 0 radical (unpaired) electrons. The van der Waals surface area contributed by atoms with Crippen LogP contribution >= 0.6 is 11.6 Å². The highest BCUT2D eigenvalue weighted by atomic mass is 35.5. The molecule has 0 bridgehead atoms. The maximum absolute atomic E-state index is 12.9. The van der Waals surface area contributed by atoms with Crippen molar-refractivity contribution in [3.63, 3.8) is 0 Å². The van der Waals surface area contributed by atoms with Crippen LogP contribution < -0.4 is 9.80 Å². The number of rotatable bonds is 3. The van der Waals surface area contributed by atoms with Crippen LogP contribution in [0.4, 0.5) is 11.5 Å². The minimum Gasteiger partial charge on any atom is -0.353 e. The highest BCUT2D eigenvalue weighted by Gasteiger charge is 2.38. The molecule has 2 saturated heterocycles. The second-order valence-corrected chi connectivity index (χ2v) is 7.32. The molecule has 1 aromatic heterocycles. The molecule has 3 heterocycles. The minimum atomic E-state index is -0.283. The molecular weight excluding hydrogens is 364 g/mol. The minimum absolute atomic E-state index is 0.0113. The quantitative estimate of drug-likeness (QED) is 0.815. The second-order valence-electron chi connectivity index (χ2n) is 6.88. The predicted molar refractivity (Wildman–Crippen MR) is 105 cm³/mol. The van der Waals surface area contributed by atoms with Gasteiger partial charge in [-0.2, -0.15) is 0 Å². The Labute approximate surface area is 163 Å². The number of pyridine rings is 1. The number of hydrogen-bond donors (Lipinski definition) is 0. The number of anilines is 2. The maximum atomic E-state index is 12.9. The van der Waals surface area contributed by atoms with E-state index in [9.17, 15) is 9.59 Å². The van der Waals surface area contributed by atoms with Gasteiger partial charge in [0.25, 0.3) is 0 Å². The van der Waals surface area contributed by atoms with Crippen LogP contribution in [0.2, 0.25) is 5.02 Å². The van der Waals surface area contributed by atoms with E-state index in [-0.39, 0.29) is 24.2 Å². The SMILES string of the molecule is O=C(C1CC(=O)N(c2ccc(Cl)cc2)C1)N1CCN(c2ccccn2)CC1. The summed E-state index contributed by atoms with van der Waals surface area (Å²) < 4.78 is 0. The fourth-order valence-corrected chi connectivity index (χ4v) is 3.82. The zero-order chi connectivity index (χ0) is 18.8. The molecule has 2 amide bonds. The average Bonchev–Trinajstić information content (AvgIpc) is 3.10. The highest BCUT2D eigenvalue weighted by molar-refractivity contribution is 6.30. The number of benzene rings is 1. The van der Waals surface area contributed by atoms with Crippen LogP contribution in [-0.2, 0) is 9.59 Å². The summed E-state index contributed by atoms with van der Waals surface area (Å²) in [6.45, 7) is 3.25. The molecule has 2 aromatic rings. The molecule has 0 saturated carbocycles. The van der Waals surface area contributed by atoms with Crippen molar-refractivity contribution in [3.8, 4) is 0 Å². The first-order valence-corrected chi connectivity index (χ1v) is 9.50. The van der Waals surface area contributed by atoms with Crippen LogP contribution in [-0.4, -0.2) is 54.4 Å². The Balaban J connectivity index is 1.36. The lowest BCUT2D eigenvalue weighted by Gasteiger charge is -2.36. The second kappa shape index (κ2) is 7.56. The monoisotopic (exact) mass is 384 g/mol. The van der Waals surface area contributed by atoms with Gasteiger partial charge in [-0.25, -0.2) is 4.98 Å². The van der Waals surface area contributed by atoms with Crippen molar-refractivity contribution in [1.29, 1.82) is 0 Å². The number of nitrogens with zero attached hydrogens (tertiary/aromatic N) is 4. The van der Waals surface area contributed by atoms with E-state index in [0.717, 1.165) is 24.6 Å². The number of carbonyl (C=O) groups is 2. The Kier molecular flexibility index (Phi) is 4.99. The number of aromatic nitrogens is 1. The average molecular weight is 385 g/mol. The topological polar surface area (TPSA) is 56.8 Å². The molecule has 0 spiro atoms. The molecule has 1 atom stereocenters. The van der Waals surface area contributed by atoms with Gasteiger partial charge in [-0.3, -0.25) is 9.59 Å². The molecule has 1 aromatic carbocycles. The van der Waals surface area contributed by atoms with Crippen molar-refractivity contribution < 1.29 is 9.59 Å². The van der Waals surface area contributed by atoms with E-state index in [1.807, 2.05) is 35.2 Å². The molecule has 7 heteroatoms. The number of amides is 2. The van der Waals surface area contributed by atoms with Gasteiger partial charge in [-0.15, -0.1) is 0 Å². The first kappa shape index (κ1) is 17.8. The van der Waals surface area contributed by atoms with Crippen molar-refractivity contribution in [2.45, 2.75) is 6.42 Å². The number of halogens is 1. The smallest absolute Gasteiger partial charge is 0.228 e. The summed E-state index contributed by atoms with van der Waals surface area (Å²) in [6.07, 6.45) is 2.05. The van der Waals surface area contributed by atoms with Gasteiger partial charge in [0.05, 0.1) is 5.92 Å². The predicted octanol–water partition coefficient (Wildman–Crippen LogP) is 2.44. The van der Waals surface area contributed by atoms with Crippen molar-refractivity contribution in [3.05, 3.63) is 53.7 Å². The summed E-state index contributed by atoms with van der Waals surface area (Å²) in [5, 5.41) is 0.629. The Hall–Kier alpha value is -2.60. The third kappa shape index (κ3) is 3.76.